The molecule has 0 spiro atoms. The predicted octanol–water partition coefficient (Wildman–Crippen LogP) is 1.81. The van der Waals surface area contributed by atoms with E-state index < -0.39 is 14.9 Å². The summed E-state index contributed by atoms with van der Waals surface area (Å²) in [6.07, 6.45) is 1.33. The van der Waals surface area contributed by atoms with E-state index in [4.69, 9.17) is 0 Å². The minimum atomic E-state index is -3.57. The topological polar surface area (TPSA) is 125 Å². The molecule has 3 rings (SSSR count). The Morgan fingerprint density at radius 1 is 1.16 bits per heavy atom. The summed E-state index contributed by atoms with van der Waals surface area (Å²) in [5.74, 6) is -0.356. The number of sulfonamides is 1. The van der Waals surface area contributed by atoms with Crippen molar-refractivity contribution < 1.29 is 18.1 Å². The lowest BCUT2D eigenvalue weighted by Crippen LogP contribution is -2.50. The molecular weight excluding hydrogens is 490 g/mol. The third-order valence-corrected chi connectivity index (χ3v) is 7.08. The number of carbonyl (C=O) groups excluding carboxylic acids is 1. The van der Waals surface area contributed by atoms with Crippen LogP contribution in [0.3, 0.4) is 0 Å². The van der Waals surface area contributed by atoms with Gasteiger partial charge in [0.2, 0.25) is 10.0 Å². The van der Waals surface area contributed by atoms with Gasteiger partial charge >= 0.3 is 0 Å². The van der Waals surface area contributed by atoms with Gasteiger partial charge in [0, 0.05) is 48.3 Å². The molecule has 1 amide bonds. The third-order valence-electron chi connectivity index (χ3n) is 4.63. The van der Waals surface area contributed by atoms with E-state index in [9.17, 15) is 23.3 Å². The van der Waals surface area contributed by atoms with Crippen LogP contribution in [0.25, 0.3) is 0 Å². The number of nitro benzene ring substituents is 1. The number of nitrogens with zero attached hydrogens (tertiary/aromatic N) is 4. The van der Waals surface area contributed by atoms with Crippen LogP contribution in [0.1, 0.15) is 5.56 Å². The molecule has 0 saturated carbocycles. The van der Waals surface area contributed by atoms with E-state index in [1.165, 1.54) is 28.7 Å². The smallest absolute Gasteiger partial charge is 0.270 e. The van der Waals surface area contributed by atoms with Crippen LogP contribution < -0.4 is 5.43 Å². The van der Waals surface area contributed by atoms with Gasteiger partial charge in [-0.3, -0.25) is 19.8 Å². The average Bonchev–Trinajstić information content (AvgIpc) is 2.74. The molecule has 0 unspecified atom stereocenters. The Labute approximate surface area is 187 Å². The predicted molar refractivity (Wildman–Crippen MR) is 118 cm³/mol. The zero-order chi connectivity index (χ0) is 22.4. The number of halogens is 1. The summed E-state index contributed by atoms with van der Waals surface area (Å²) < 4.78 is 27.7. The molecule has 1 fully saturated rings. The summed E-state index contributed by atoms with van der Waals surface area (Å²) in [4.78, 5) is 24.4. The normalized spacial score (nSPS) is 15.8. The first-order chi connectivity index (χ1) is 14.8. The number of piperazine rings is 1. The van der Waals surface area contributed by atoms with Crippen LogP contribution in [-0.2, 0) is 14.8 Å². The molecule has 2 aromatic carbocycles. The van der Waals surface area contributed by atoms with Crippen molar-refractivity contribution >= 4 is 43.8 Å². The second-order valence-electron chi connectivity index (χ2n) is 6.78. The van der Waals surface area contributed by atoms with Gasteiger partial charge in [0.25, 0.3) is 11.6 Å². The largest absolute Gasteiger partial charge is 0.292 e. The highest BCUT2D eigenvalue weighted by Gasteiger charge is 2.28. The van der Waals surface area contributed by atoms with Crippen molar-refractivity contribution in [3.8, 4) is 0 Å². The lowest BCUT2D eigenvalue weighted by atomic mass is 10.2. The van der Waals surface area contributed by atoms with Crippen molar-refractivity contribution in [2.45, 2.75) is 4.90 Å². The number of non-ortho nitro benzene ring substituents is 1. The minimum absolute atomic E-state index is 0.0637. The van der Waals surface area contributed by atoms with Gasteiger partial charge in [-0.15, -0.1) is 0 Å². The number of hydrazone groups is 1. The van der Waals surface area contributed by atoms with Crippen molar-refractivity contribution in [1.29, 1.82) is 0 Å². The quantitative estimate of drug-likeness (QED) is 0.344. The van der Waals surface area contributed by atoms with Crippen LogP contribution in [0, 0.1) is 10.1 Å². The van der Waals surface area contributed by atoms with Crippen molar-refractivity contribution in [1.82, 2.24) is 14.6 Å². The van der Waals surface area contributed by atoms with Gasteiger partial charge in [-0.25, -0.2) is 13.8 Å². The SMILES string of the molecule is O=C(CN1CCN(S(=O)(=O)c2ccc(Br)cc2)CC1)N/N=C/c1cccc([N+](=O)[O-])c1. The van der Waals surface area contributed by atoms with Crippen molar-refractivity contribution in [3.05, 3.63) is 68.7 Å². The van der Waals surface area contributed by atoms with E-state index in [2.05, 4.69) is 26.5 Å². The number of nitrogens with one attached hydrogen (secondary N) is 1. The highest BCUT2D eigenvalue weighted by molar-refractivity contribution is 9.10. The second kappa shape index (κ2) is 10.1. The maximum Gasteiger partial charge on any atom is 0.270 e. The monoisotopic (exact) mass is 509 g/mol. The number of amides is 1. The molecular formula is C19H20BrN5O5S. The van der Waals surface area contributed by atoms with Gasteiger partial charge in [-0.1, -0.05) is 28.1 Å². The molecule has 0 atom stereocenters. The molecule has 0 aliphatic carbocycles. The number of rotatable bonds is 7. The molecule has 0 aromatic heterocycles. The molecule has 31 heavy (non-hydrogen) atoms. The second-order valence-corrected chi connectivity index (χ2v) is 9.63. The Kier molecular flexibility index (Phi) is 7.49. The molecule has 0 bridgehead atoms. The molecule has 10 nitrogen and oxygen atoms in total. The van der Waals surface area contributed by atoms with Gasteiger partial charge < -0.3 is 0 Å². The van der Waals surface area contributed by atoms with Crippen LogP contribution >= 0.6 is 15.9 Å². The Balaban J connectivity index is 1.48. The molecule has 1 heterocycles. The van der Waals surface area contributed by atoms with Crippen molar-refractivity contribution in [3.63, 3.8) is 0 Å². The summed E-state index contributed by atoms with van der Waals surface area (Å²) in [5.41, 5.74) is 2.81. The Hall–Kier alpha value is -2.67. The first-order valence-electron chi connectivity index (χ1n) is 9.30. The number of hydrogen-bond acceptors (Lipinski definition) is 7. The summed E-state index contributed by atoms with van der Waals surface area (Å²) in [5, 5.41) is 14.6. The fraction of sp³-hybridized carbons (Fsp3) is 0.263. The lowest BCUT2D eigenvalue weighted by molar-refractivity contribution is -0.384. The van der Waals surface area contributed by atoms with Gasteiger partial charge in [-0.2, -0.15) is 9.41 Å². The molecule has 1 N–H and O–H groups in total. The lowest BCUT2D eigenvalue weighted by Gasteiger charge is -2.33. The molecule has 1 saturated heterocycles. The average molecular weight is 510 g/mol. The molecule has 164 valence electrons. The van der Waals surface area contributed by atoms with Crippen LogP contribution in [0.15, 0.2) is 63.0 Å². The summed E-state index contributed by atoms with van der Waals surface area (Å²) in [7, 11) is -3.57. The molecule has 1 aliphatic rings. The fourth-order valence-corrected chi connectivity index (χ4v) is 4.71. The minimum Gasteiger partial charge on any atom is -0.292 e. The van der Waals surface area contributed by atoms with Gasteiger partial charge in [0.1, 0.15) is 0 Å². The highest BCUT2D eigenvalue weighted by atomic mass is 79.9. The summed E-state index contributed by atoms with van der Waals surface area (Å²) in [6, 6.07) is 12.4. The zero-order valence-corrected chi connectivity index (χ0v) is 18.8. The number of carbonyl (C=O) groups is 1. The standard InChI is InChI=1S/C19H20BrN5O5S/c20-16-4-6-18(7-5-16)31(29,30)24-10-8-23(9-11-24)14-19(26)22-21-13-15-2-1-3-17(12-15)25(27)28/h1-7,12-13H,8-11,14H2,(H,22,26)/b21-13+. The Bertz CT molecular complexity index is 1080. The van der Waals surface area contributed by atoms with E-state index in [0.717, 1.165) is 4.47 Å². The van der Waals surface area contributed by atoms with E-state index >= 15 is 0 Å². The van der Waals surface area contributed by atoms with Crippen LogP contribution in [0.5, 0.6) is 0 Å². The van der Waals surface area contributed by atoms with Gasteiger partial charge in [0.05, 0.1) is 22.6 Å². The van der Waals surface area contributed by atoms with Crippen LogP contribution in [0.2, 0.25) is 0 Å². The zero-order valence-electron chi connectivity index (χ0n) is 16.3. The molecule has 1 aliphatic heterocycles. The van der Waals surface area contributed by atoms with E-state index in [1.54, 1.807) is 30.3 Å². The first-order valence-corrected chi connectivity index (χ1v) is 11.5. The van der Waals surface area contributed by atoms with E-state index in [-0.39, 0.29) is 36.1 Å². The van der Waals surface area contributed by atoms with Crippen LogP contribution in [-0.4, -0.2) is 67.4 Å². The fourth-order valence-electron chi connectivity index (χ4n) is 3.02. The highest BCUT2D eigenvalue weighted by Crippen LogP contribution is 2.20. The van der Waals surface area contributed by atoms with E-state index in [1.807, 2.05) is 4.90 Å². The Morgan fingerprint density at radius 2 is 1.84 bits per heavy atom. The number of nitro groups is 1. The molecule has 0 radical (unpaired) electrons. The summed E-state index contributed by atoms with van der Waals surface area (Å²) in [6.45, 7) is 1.46. The maximum absolute atomic E-state index is 12.7. The summed E-state index contributed by atoms with van der Waals surface area (Å²) >= 11 is 3.29. The van der Waals surface area contributed by atoms with E-state index in [0.29, 0.717) is 18.7 Å². The van der Waals surface area contributed by atoms with Gasteiger partial charge in [-0.05, 0) is 24.3 Å². The molecule has 12 heteroatoms. The van der Waals surface area contributed by atoms with Crippen molar-refractivity contribution in [2.24, 2.45) is 5.10 Å². The van der Waals surface area contributed by atoms with Crippen molar-refractivity contribution in [2.75, 3.05) is 32.7 Å². The Morgan fingerprint density at radius 3 is 2.48 bits per heavy atom. The number of hydrogen-bond donors (Lipinski definition) is 1. The maximum atomic E-state index is 12.7. The van der Waals surface area contributed by atoms with Crippen LogP contribution in [0.4, 0.5) is 5.69 Å². The number of benzene rings is 2. The van der Waals surface area contributed by atoms with Gasteiger partial charge in [0.15, 0.2) is 0 Å². The molecule has 2 aromatic rings. The third kappa shape index (κ3) is 6.17. The first kappa shape index (κ1) is 23.0.